The Balaban J connectivity index is 1.92. The predicted molar refractivity (Wildman–Crippen MR) is 66.4 cm³/mol. The van der Waals surface area contributed by atoms with Gasteiger partial charge in [0.1, 0.15) is 12.4 Å². The zero-order valence-electron chi connectivity index (χ0n) is 10.4. The van der Waals surface area contributed by atoms with E-state index in [4.69, 9.17) is 4.74 Å². The molecule has 0 radical (unpaired) electrons. The zero-order valence-corrected chi connectivity index (χ0v) is 10.4. The van der Waals surface area contributed by atoms with E-state index < -0.39 is 4.92 Å². The summed E-state index contributed by atoms with van der Waals surface area (Å²) in [4.78, 5) is 27.9. The third kappa shape index (κ3) is 2.18. The van der Waals surface area contributed by atoms with E-state index in [0.29, 0.717) is 32.0 Å². The highest BCUT2D eigenvalue weighted by atomic mass is 16.6. The second-order valence-corrected chi connectivity index (χ2v) is 4.31. The molecule has 1 amide bonds. The molecule has 0 aliphatic carbocycles. The summed E-state index contributed by atoms with van der Waals surface area (Å²) < 4.78 is 6.42. The first kappa shape index (κ1) is 12.5. The Bertz CT molecular complexity index is 677. The van der Waals surface area contributed by atoms with Gasteiger partial charge in [-0.2, -0.15) is 5.10 Å². The molecule has 1 aliphatic rings. The van der Waals surface area contributed by atoms with Gasteiger partial charge in [0, 0.05) is 19.2 Å². The smallest absolute Gasteiger partial charge is 0.305 e. The van der Waals surface area contributed by atoms with Crippen LogP contribution in [0.5, 0.6) is 0 Å². The van der Waals surface area contributed by atoms with Crippen LogP contribution in [0.2, 0.25) is 0 Å². The van der Waals surface area contributed by atoms with Gasteiger partial charge in [-0.1, -0.05) is 0 Å². The molecule has 1 saturated heterocycles. The summed E-state index contributed by atoms with van der Waals surface area (Å²) in [5, 5.41) is 14.7. The van der Waals surface area contributed by atoms with Crippen LogP contribution < -0.4 is 0 Å². The lowest BCUT2D eigenvalue weighted by atomic mass is 10.3. The van der Waals surface area contributed by atoms with Crippen LogP contribution >= 0.6 is 0 Å². The molecule has 20 heavy (non-hydrogen) atoms. The van der Waals surface area contributed by atoms with E-state index >= 15 is 0 Å². The first-order valence-corrected chi connectivity index (χ1v) is 6.02. The van der Waals surface area contributed by atoms with Gasteiger partial charge >= 0.3 is 5.69 Å². The van der Waals surface area contributed by atoms with E-state index in [1.807, 2.05) is 0 Å². The number of ether oxygens (including phenoxy) is 1. The molecule has 3 heterocycles. The SMILES string of the molecule is O=C(c1cc2ncc([N+](=O)[O-])cn2n1)N1CCOCC1. The molecule has 0 unspecified atom stereocenters. The van der Waals surface area contributed by atoms with Crippen LogP contribution in [0.15, 0.2) is 18.5 Å². The minimum atomic E-state index is -0.558. The van der Waals surface area contributed by atoms with Gasteiger partial charge in [-0.05, 0) is 0 Å². The lowest BCUT2D eigenvalue weighted by Gasteiger charge is -2.25. The fraction of sp³-hybridized carbons (Fsp3) is 0.364. The highest BCUT2D eigenvalue weighted by Crippen LogP contribution is 2.13. The van der Waals surface area contributed by atoms with Gasteiger partial charge in [0.15, 0.2) is 11.3 Å². The van der Waals surface area contributed by atoms with E-state index in [2.05, 4.69) is 10.1 Å². The minimum Gasteiger partial charge on any atom is -0.378 e. The quantitative estimate of drug-likeness (QED) is 0.570. The predicted octanol–water partition coefficient (Wildman–Crippen LogP) is 0.110. The molecule has 2 aromatic heterocycles. The van der Waals surface area contributed by atoms with Crippen molar-refractivity contribution in [2.24, 2.45) is 0 Å². The molecule has 9 nitrogen and oxygen atoms in total. The molecule has 3 rings (SSSR count). The van der Waals surface area contributed by atoms with E-state index in [1.165, 1.54) is 16.8 Å². The van der Waals surface area contributed by atoms with Crippen LogP contribution in [0.1, 0.15) is 10.5 Å². The Morgan fingerprint density at radius 2 is 2.15 bits per heavy atom. The van der Waals surface area contributed by atoms with Crippen LogP contribution in [-0.2, 0) is 4.74 Å². The normalized spacial score (nSPS) is 15.5. The molecule has 0 aromatic carbocycles. The second-order valence-electron chi connectivity index (χ2n) is 4.31. The van der Waals surface area contributed by atoms with Crippen LogP contribution in [-0.4, -0.2) is 56.6 Å². The molecule has 0 spiro atoms. The Morgan fingerprint density at radius 3 is 2.85 bits per heavy atom. The van der Waals surface area contributed by atoms with Gasteiger partial charge in [0.05, 0.1) is 18.1 Å². The number of rotatable bonds is 2. The van der Waals surface area contributed by atoms with Gasteiger partial charge in [-0.25, -0.2) is 9.50 Å². The Hall–Kier alpha value is -2.55. The van der Waals surface area contributed by atoms with Gasteiger partial charge in [-0.15, -0.1) is 0 Å². The molecule has 0 bridgehead atoms. The monoisotopic (exact) mass is 277 g/mol. The summed E-state index contributed by atoms with van der Waals surface area (Å²) >= 11 is 0. The number of nitro groups is 1. The molecule has 2 aromatic rings. The number of hydrogen-bond acceptors (Lipinski definition) is 6. The van der Waals surface area contributed by atoms with Crippen molar-refractivity contribution < 1.29 is 14.5 Å². The summed E-state index contributed by atoms with van der Waals surface area (Å²) in [6.45, 7) is 2.03. The minimum absolute atomic E-state index is 0.175. The lowest BCUT2D eigenvalue weighted by Crippen LogP contribution is -2.40. The topological polar surface area (TPSA) is 103 Å². The van der Waals surface area contributed by atoms with Gasteiger partial charge in [0.2, 0.25) is 0 Å². The van der Waals surface area contributed by atoms with Crippen LogP contribution in [0.25, 0.3) is 5.65 Å². The highest BCUT2D eigenvalue weighted by molar-refractivity contribution is 5.93. The average Bonchev–Trinajstić information content (AvgIpc) is 2.90. The zero-order chi connectivity index (χ0) is 14.1. The average molecular weight is 277 g/mol. The fourth-order valence-electron chi connectivity index (χ4n) is 1.99. The Labute approximate surface area is 112 Å². The van der Waals surface area contributed by atoms with Crippen molar-refractivity contribution >= 4 is 17.2 Å². The summed E-state index contributed by atoms with van der Waals surface area (Å²) in [6.07, 6.45) is 2.37. The third-order valence-electron chi connectivity index (χ3n) is 3.03. The maximum Gasteiger partial charge on any atom is 0.305 e. The van der Waals surface area contributed by atoms with Crippen molar-refractivity contribution in [1.29, 1.82) is 0 Å². The molecule has 0 N–H and O–H groups in total. The number of amides is 1. The first-order valence-electron chi connectivity index (χ1n) is 6.02. The number of morpholine rings is 1. The summed E-state index contributed by atoms with van der Waals surface area (Å²) in [6, 6.07) is 1.52. The van der Waals surface area contributed by atoms with Crippen molar-refractivity contribution in [3.63, 3.8) is 0 Å². The highest BCUT2D eigenvalue weighted by Gasteiger charge is 2.21. The van der Waals surface area contributed by atoms with Crippen LogP contribution in [0, 0.1) is 10.1 Å². The molecule has 104 valence electrons. The maximum absolute atomic E-state index is 12.2. The molecule has 1 fully saturated rings. The van der Waals surface area contributed by atoms with Crippen molar-refractivity contribution in [3.8, 4) is 0 Å². The number of aromatic nitrogens is 3. The van der Waals surface area contributed by atoms with Crippen molar-refractivity contribution in [2.75, 3.05) is 26.3 Å². The van der Waals surface area contributed by atoms with Crippen molar-refractivity contribution in [1.82, 2.24) is 19.5 Å². The van der Waals surface area contributed by atoms with E-state index in [9.17, 15) is 14.9 Å². The lowest BCUT2D eigenvalue weighted by molar-refractivity contribution is -0.385. The largest absolute Gasteiger partial charge is 0.378 e. The molecule has 0 saturated carbocycles. The number of hydrogen-bond donors (Lipinski definition) is 0. The summed E-state index contributed by atoms with van der Waals surface area (Å²) in [5.41, 5.74) is 0.443. The van der Waals surface area contributed by atoms with Crippen LogP contribution in [0.3, 0.4) is 0 Å². The molecule has 0 atom stereocenters. The first-order chi connectivity index (χ1) is 9.65. The molecule has 9 heteroatoms. The van der Waals surface area contributed by atoms with Gasteiger partial charge < -0.3 is 9.64 Å². The van der Waals surface area contributed by atoms with Gasteiger partial charge in [-0.3, -0.25) is 14.9 Å². The van der Waals surface area contributed by atoms with E-state index in [-0.39, 0.29) is 17.3 Å². The third-order valence-corrected chi connectivity index (χ3v) is 3.03. The van der Waals surface area contributed by atoms with Crippen molar-refractivity contribution in [2.45, 2.75) is 0 Å². The standard InChI is InChI=1S/C11H11N5O4/c17-11(14-1-3-20-4-2-14)9-5-10-12-6-8(16(18)19)7-15(10)13-9/h5-7H,1-4H2. The number of carbonyl (C=O) groups is 1. The summed E-state index contributed by atoms with van der Waals surface area (Å²) in [7, 11) is 0. The van der Waals surface area contributed by atoms with E-state index in [0.717, 1.165) is 6.20 Å². The van der Waals surface area contributed by atoms with Crippen LogP contribution in [0.4, 0.5) is 5.69 Å². The second kappa shape index (κ2) is 4.85. The maximum atomic E-state index is 12.2. The molecular formula is C11H11N5O4. The van der Waals surface area contributed by atoms with Crippen molar-refractivity contribution in [3.05, 3.63) is 34.3 Å². The summed E-state index contributed by atoms with van der Waals surface area (Å²) in [5.74, 6) is -0.221. The number of carbonyl (C=O) groups excluding carboxylic acids is 1. The van der Waals surface area contributed by atoms with E-state index in [1.54, 1.807) is 4.90 Å². The number of nitrogens with zero attached hydrogens (tertiary/aromatic N) is 5. The molecule has 1 aliphatic heterocycles. The Kier molecular flexibility index (Phi) is 3.03. The fourth-order valence-corrected chi connectivity index (χ4v) is 1.99. The molecular weight excluding hydrogens is 266 g/mol. The number of fused-ring (bicyclic) bond motifs is 1. The van der Waals surface area contributed by atoms with Gasteiger partial charge in [0.25, 0.3) is 5.91 Å². The Morgan fingerprint density at radius 1 is 1.40 bits per heavy atom.